The van der Waals surface area contributed by atoms with Gasteiger partial charge in [-0.15, -0.1) is 0 Å². The van der Waals surface area contributed by atoms with Crippen molar-refractivity contribution in [1.82, 2.24) is 10.6 Å². The average molecular weight is 282 g/mol. The number of amides is 2. The second-order valence-electron chi connectivity index (χ2n) is 5.88. The van der Waals surface area contributed by atoms with E-state index in [0.29, 0.717) is 18.5 Å². The highest BCUT2D eigenvalue weighted by Crippen LogP contribution is 2.20. The van der Waals surface area contributed by atoms with Crippen LogP contribution in [0.2, 0.25) is 0 Å². The highest BCUT2D eigenvalue weighted by atomic mass is 19.1. The largest absolute Gasteiger partial charge is 0.393 e. The molecule has 4 nitrogen and oxygen atoms in total. The van der Waals surface area contributed by atoms with Crippen LogP contribution in [0.5, 0.6) is 0 Å². The van der Waals surface area contributed by atoms with Gasteiger partial charge in [0.2, 0.25) is 0 Å². The molecule has 0 heterocycles. The number of carbonyl (C=O) groups excluding carboxylic acids is 1. The number of aliphatic hydroxyl groups is 1. The van der Waals surface area contributed by atoms with Gasteiger partial charge >= 0.3 is 6.03 Å². The monoisotopic (exact) mass is 282 g/mol. The number of benzene rings is 1. The van der Waals surface area contributed by atoms with Gasteiger partial charge in [-0.2, -0.15) is 0 Å². The summed E-state index contributed by atoms with van der Waals surface area (Å²) in [6, 6.07) is 5.81. The molecule has 112 valence electrons. The van der Waals surface area contributed by atoms with Gasteiger partial charge in [0.15, 0.2) is 0 Å². The van der Waals surface area contributed by atoms with Crippen molar-refractivity contribution in [1.29, 1.82) is 0 Å². The Labute approximate surface area is 119 Å². The Morgan fingerprint density at radius 2 is 2.10 bits per heavy atom. The van der Waals surface area contributed by atoms with Crippen LogP contribution in [0.15, 0.2) is 24.3 Å². The topological polar surface area (TPSA) is 61.4 Å². The van der Waals surface area contributed by atoms with E-state index in [9.17, 15) is 14.3 Å². The van der Waals surface area contributed by atoms with Gasteiger partial charge in [-0.25, -0.2) is 9.18 Å². The minimum absolute atomic E-state index is 0.176. The molecule has 2 amide bonds. The zero-order chi connectivity index (χ0) is 15.2. The Bertz CT molecular complexity index is 447. The number of halogens is 1. The van der Waals surface area contributed by atoms with Gasteiger partial charge in [0.25, 0.3) is 0 Å². The maximum atomic E-state index is 13.0. The molecule has 0 fully saturated rings. The van der Waals surface area contributed by atoms with Gasteiger partial charge in [-0.05, 0) is 36.5 Å². The molecule has 1 atom stereocenters. The molecule has 0 spiro atoms. The van der Waals surface area contributed by atoms with Crippen LogP contribution in [0.3, 0.4) is 0 Å². The van der Waals surface area contributed by atoms with Crippen molar-refractivity contribution in [3.63, 3.8) is 0 Å². The molecule has 1 rings (SSSR count). The van der Waals surface area contributed by atoms with Crippen LogP contribution < -0.4 is 10.6 Å². The molecular formula is C15H23FN2O2. The number of aliphatic hydroxyl groups excluding tert-OH is 1. The summed E-state index contributed by atoms with van der Waals surface area (Å²) in [6.45, 7) is 6.43. The summed E-state index contributed by atoms with van der Waals surface area (Å²) in [5, 5.41) is 14.8. The minimum atomic E-state index is -0.401. The second kappa shape index (κ2) is 7.24. The fourth-order valence-electron chi connectivity index (χ4n) is 2.08. The summed E-state index contributed by atoms with van der Waals surface area (Å²) in [5.74, 6) is -0.317. The molecule has 0 aliphatic rings. The van der Waals surface area contributed by atoms with Crippen molar-refractivity contribution in [2.45, 2.75) is 39.8 Å². The van der Waals surface area contributed by atoms with Gasteiger partial charge in [0.1, 0.15) is 5.82 Å². The molecule has 0 aliphatic heterocycles. The Morgan fingerprint density at radius 3 is 2.70 bits per heavy atom. The molecule has 5 heteroatoms. The number of hydrogen-bond acceptors (Lipinski definition) is 2. The third-order valence-electron chi connectivity index (χ3n) is 2.92. The third kappa shape index (κ3) is 6.52. The maximum absolute atomic E-state index is 13.0. The van der Waals surface area contributed by atoms with Gasteiger partial charge in [-0.1, -0.05) is 26.0 Å². The van der Waals surface area contributed by atoms with Crippen LogP contribution >= 0.6 is 0 Å². The van der Waals surface area contributed by atoms with E-state index in [-0.39, 0.29) is 23.8 Å². The van der Waals surface area contributed by atoms with Crippen LogP contribution in [-0.2, 0) is 6.54 Å². The first-order chi connectivity index (χ1) is 9.28. The second-order valence-corrected chi connectivity index (χ2v) is 5.88. The number of hydrogen-bond donors (Lipinski definition) is 3. The summed E-state index contributed by atoms with van der Waals surface area (Å²) >= 11 is 0. The van der Waals surface area contributed by atoms with Crippen molar-refractivity contribution >= 4 is 6.03 Å². The first kappa shape index (κ1) is 16.4. The molecule has 1 aromatic rings. The van der Waals surface area contributed by atoms with Crippen molar-refractivity contribution < 1.29 is 14.3 Å². The lowest BCUT2D eigenvalue weighted by atomic mass is 9.87. The quantitative estimate of drug-likeness (QED) is 0.750. The molecule has 1 aromatic carbocycles. The van der Waals surface area contributed by atoms with E-state index in [1.807, 2.05) is 13.8 Å². The zero-order valence-corrected chi connectivity index (χ0v) is 12.2. The predicted octanol–water partition coefficient (Wildman–Crippen LogP) is 2.42. The van der Waals surface area contributed by atoms with E-state index in [2.05, 4.69) is 10.6 Å². The van der Waals surface area contributed by atoms with Gasteiger partial charge in [-0.3, -0.25) is 0 Å². The number of urea groups is 1. The van der Waals surface area contributed by atoms with E-state index in [1.165, 1.54) is 12.1 Å². The van der Waals surface area contributed by atoms with E-state index >= 15 is 0 Å². The molecule has 0 aromatic heterocycles. The van der Waals surface area contributed by atoms with Crippen molar-refractivity contribution in [3.05, 3.63) is 35.6 Å². The van der Waals surface area contributed by atoms with Crippen molar-refractivity contribution in [2.75, 3.05) is 6.54 Å². The normalized spacial score (nSPS) is 12.8. The molecule has 20 heavy (non-hydrogen) atoms. The van der Waals surface area contributed by atoms with Crippen LogP contribution in [0, 0.1) is 11.2 Å². The molecule has 0 radical (unpaired) electrons. The fraction of sp³-hybridized carbons (Fsp3) is 0.533. The van der Waals surface area contributed by atoms with E-state index in [0.717, 1.165) is 0 Å². The van der Waals surface area contributed by atoms with Crippen LogP contribution in [0.25, 0.3) is 0 Å². The molecule has 0 bridgehead atoms. The maximum Gasteiger partial charge on any atom is 0.315 e. The van der Waals surface area contributed by atoms with E-state index in [1.54, 1.807) is 19.1 Å². The Morgan fingerprint density at radius 1 is 1.40 bits per heavy atom. The first-order valence-electron chi connectivity index (χ1n) is 6.73. The third-order valence-corrected chi connectivity index (χ3v) is 2.92. The van der Waals surface area contributed by atoms with E-state index < -0.39 is 6.10 Å². The summed E-state index contributed by atoms with van der Waals surface area (Å²) in [5.41, 5.74) is 0.535. The first-order valence-corrected chi connectivity index (χ1v) is 6.73. The highest BCUT2D eigenvalue weighted by molar-refractivity contribution is 5.73. The standard InChI is InChI=1S/C15H23FN2O2/c1-11(19)8-15(2,3)10-18-14(20)17-9-12-5-4-6-13(16)7-12/h4-7,11,19H,8-10H2,1-3H3,(H2,17,18,20). The molecule has 0 saturated heterocycles. The van der Waals surface area contributed by atoms with Crippen molar-refractivity contribution in [3.8, 4) is 0 Å². The smallest absolute Gasteiger partial charge is 0.315 e. The summed E-state index contributed by atoms with van der Waals surface area (Å²) < 4.78 is 13.0. The highest BCUT2D eigenvalue weighted by Gasteiger charge is 2.20. The minimum Gasteiger partial charge on any atom is -0.393 e. The van der Waals surface area contributed by atoms with Gasteiger partial charge < -0.3 is 15.7 Å². The summed E-state index contributed by atoms with van der Waals surface area (Å²) in [4.78, 5) is 11.7. The number of rotatable bonds is 6. The molecule has 0 saturated carbocycles. The number of carbonyl (C=O) groups is 1. The van der Waals surface area contributed by atoms with Crippen LogP contribution in [-0.4, -0.2) is 23.8 Å². The lowest BCUT2D eigenvalue weighted by molar-refractivity contribution is 0.129. The Kier molecular flexibility index (Phi) is 5.95. The average Bonchev–Trinajstić information content (AvgIpc) is 2.32. The summed E-state index contributed by atoms with van der Waals surface area (Å²) in [6.07, 6.45) is 0.208. The zero-order valence-electron chi connectivity index (χ0n) is 12.2. The molecular weight excluding hydrogens is 259 g/mol. The van der Waals surface area contributed by atoms with E-state index in [4.69, 9.17) is 0 Å². The Balaban J connectivity index is 2.34. The van der Waals surface area contributed by atoms with Gasteiger partial charge in [0, 0.05) is 13.1 Å². The van der Waals surface area contributed by atoms with Crippen molar-refractivity contribution in [2.24, 2.45) is 5.41 Å². The fourth-order valence-corrected chi connectivity index (χ4v) is 2.08. The molecule has 0 aliphatic carbocycles. The van der Waals surface area contributed by atoms with Crippen LogP contribution in [0.1, 0.15) is 32.8 Å². The lowest BCUT2D eigenvalue weighted by Gasteiger charge is -2.26. The lowest BCUT2D eigenvalue weighted by Crippen LogP contribution is -2.41. The molecule has 3 N–H and O–H groups in total. The van der Waals surface area contributed by atoms with Crippen LogP contribution in [0.4, 0.5) is 9.18 Å². The summed E-state index contributed by atoms with van der Waals surface area (Å²) in [7, 11) is 0. The predicted molar refractivity (Wildman–Crippen MR) is 76.7 cm³/mol. The van der Waals surface area contributed by atoms with Gasteiger partial charge in [0.05, 0.1) is 6.10 Å². The SMILES string of the molecule is CC(O)CC(C)(C)CNC(=O)NCc1cccc(F)c1. The Hall–Kier alpha value is -1.62. The molecule has 1 unspecified atom stereocenters. The number of nitrogens with one attached hydrogen (secondary N) is 2.